The zero-order chi connectivity index (χ0) is 21.0. The van der Waals surface area contributed by atoms with E-state index < -0.39 is 30.8 Å². The Balaban J connectivity index is 1.66. The van der Waals surface area contributed by atoms with Crippen LogP contribution >= 0.6 is 0 Å². The predicted octanol–water partition coefficient (Wildman–Crippen LogP) is 2.71. The molecule has 1 saturated heterocycles. The van der Waals surface area contributed by atoms with Crippen molar-refractivity contribution < 1.29 is 18.4 Å². The van der Waals surface area contributed by atoms with Crippen LogP contribution in [-0.4, -0.2) is 49.9 Å². The van der Waals surface area contributed by atoms with E-state index in [1.807, 2.05) is 6.20 Å². The Bertz CT molecular complexity index is 993. The van der Waals surface area contributed by atoms with Gasteiger partial charge in [-0.3, -0.25) is 19.3 Å². The second-order valence-electron chi connectivity index (χ2n) is 6.89. The van der Waals surface area contributed by atoms with Crippen LogP contribution in [0.5, 0.6) is 0 Å². The summed E-state index contributed by atoms with van der Waals surface area (Å²) in [5.41, 5.74) is 1.82. The van der Waals surface area contributed by atoms with Crippen LogP contribution in [0, 0.1) is 11.3 Å². The third-order valence-electron chi connectivity index (χ3n) is 4.64. The molecule has 1 amide bonds. The Labute approximate surface area is 166 Å². The number of ketones is 1. The smallest absolute Gasteiger partial charge is 0.268 e. The third kappa shape index (κ3) is 4.90. The molecule has 0 aromatic carbocycles. The number of alkyl halides is 2. The summed E-state index contributed by atoms with van der Waals surface area (Å²) in [6.45, 7) is -0.785. The Morgan fingerprint density at radius 1 is 1.34 bits per heavy atom. The van der Waals surface area contributed by atoms with E-state index in [1.54, 1.807) is 42.2 Å². The first kappa shape index (κ1) is 20.3. The monoisotopic (exact) mass is 399 g/mol. The van der Waals surface area contributed by atoms with Gasteiger partial charge in [0.2, 0.25) is 5.91 Å². The third-order valence-corrected chi connectivity index (χ3v) is 4.64. The van der Waals surface area contributed by atoms with Gasteiger partial charge in [-0.2, -0.15) is 10.4 Å². The molecule has 1 aliphatic rings. The summed E-state index contributed by atoms with van der Waals surface area (Å²) in [6, 6.07) is 2.12. The van der Waals surface area contributed by atoms with Crippen LogP contribution in [0.1, 0.15) is 40.7 Å². The number of hydrogen-bond acceptors (Lipinski definition) is 5. The molecule has 7 nitrogen and oxygen atoms in total. The van der Waals surface area contributed by atoms with Gasteiger partial charge in [-0.15, -0.1) is 0 Å². The van der Waals surface area contributed by atoms with Crippen LogP contribution in [0.4, 0.5) is 8.78 Å². The number of nitriles is 1. The molecular weight excluding hydrogens is 380 g/mol. The first-order valence-corrected chi connectivity index (χ1v) is 9.00. The summed E-state index contributed by atoms with van der Waals surface area (Å²) in [5.74, 6) is -4.00. The molecule has 3 rings (SSSR count). The number of likely N-dealkylation sites (tertiary alicyclic amines) is 1. The molecule has 9 heteroatoms. The fourth-order valence-corrected chi connectivity index (χ4v) is 3.20. The fraction of sp³-hybridized carbons (Fsp3) is 0.350. The SMILES string of the molecule is Cn1cc(/C=C/c2cnccc2C(=O)CCC(=O)N2CC(F)(F)C[C@H]2C#N)cn1. The highest BCUT2D eigenvalue weighted by Gasteiger charge is 2.47. The number of hydrogen-bond donors (Lipinski definition) is 0. The van der Waals surface area contributed by atoms with Crippen LogP contribution < -0.4 is 0 Å². The molecule has 0 aliphatic carbocycles. The highest BCUT2D eigenvalue weighted by Crippen LogP contribution is 2.32. The van der Waals surface area contributed by atoms with E-state index in [-0.39, 0.29) is 18.6 Å². The summed E-state index contributed by atoms with van der Waals surface area (Å²) in [6.07, 6.45) is 8.96. The van der Waals surface area contributed by atoms with Crippen molar-refractivity contribution >= 4 is 23.8 Å². The van der Waals surface area contributed by atoms with Gasteiger partial charge in [-0.25, -0.2) is 8.78 Å². The number of carbonyl (C=O) groups is 2. The van der Waals surface area contributed by atoms with Gasteiger partial charge in [-0.05, 0) is 6.07 Å². The van der Waals surface area contributed by atoms with E-state index >= 15 is 0 Å². The highest BCUT2D eigenvalue weighted by molar-refractivity contribution is 6.01. The molecule has 0 saturated carbocycles. The van der Waals surface area contributed by atoms with E-state index in [4.69, 9.17) is 5.26 Å². The average molecular weight is 399 g/mol. The number of aryl methyl sites for hydroxylation is 1. The molecule has 1 aliphatic heterocycles. The van der Waals surface area contributed by atoms with Gasteiger partial charge in [0, 0.05) is 61.6 Å². The number of aromatic nitrogens is 3. The van der Waals surface area contributed by atoms with Crippen LogP contribution in [0.2, 0.25) is 0 Å². The van der Waals surface area contributed by atoms with Crippen molar-refractivity contribution in [3.05, 3.63) is 47.5 Å². The summed E-state index contributed by atoms with van der Waals surface area (Å²) >= 11 is 0. The lowest BCUT2D eigenvalue weighted by atomic mass is 10.0. The van der Waals surface area contributed by atoms with Crippen LogP contribution in [0.25, 0.3) is 12.2 Å². The summed E-state index contributed by atoms with van der Waals surface area (Å²) in [7, 11) is 1.79. The summed E-state index contributed by atoms with van der Waals surface area (Å²) < 4.78 is 28.7. The van der Waals surface area contributed by atoms with E-state index in [1.165, 1.54) is 12.4 Å². The minimum Gasteiger partial charge on any atom is -0.320 e. The molecule has 0 N–H and O–H groups in total. The van der Waals surface area contributed by atoms with Crippen molar-refractivity contribution in [2.75, 3.05) is 6.54 Å². The van der Waals surface area contributed by atoms with Crippen molar-refractivity contribution in [1.29, 1.82) is 5.26 Å². The number of pyridine rings is 1. The van der Waals surface area contributed by atoms with Gasteiger partial charge < -0.3 is 4.90 Å². The Hall–Kier alpha value is -3.41. The second-order valence-corrected chi connectivity index (χ2v) is 6.89. The van der Waals surface area contributed by atoms with Crippen LogP contribution in [-0.2, 0) is 11.8 Å². The van der Waals surface area contributed by atoms with Crippen molar-refractivity contribution in [2.24, 2.45) is 7.05 Å². The van der Waals surface area contributed by atoms with Gasteiger partial charge >= 0.3 is 0 Å². The Morgan fingerprint density at radius 3 is 2.83 bits per heavy atom. The summed E-state index contributed by atoms with van der Waals surface area (Å²) in [5, 5.41) is 13.1. The maximum absolute atomic E-state index is 13.5. The molecule has 0 bridgehead atoms. The zero-order valence-electron chi connectivity index (χ0n) is 15.8. The highest BCUT2D eigenvalue weighted by atomic mass is 19.3. The molecular formula is C20H19F2N5O2. The molecule has 150 valence electrons. The number of Topliss-reactive ketones (excluding diaryl/α,β-unsaturated/α-hetero) is 1. The van der Waals surface area contributed by atoms with Gasteiger partial charge in [0.25, 0.3) is 5.92 Å². The number of rotatable bonds is 6. The molecule has 0 unspecified atom stereocenters. The number of nitrogens with zero attached hydrogens (tertiary/aromatic N) is 5. The van der Waals surface area contributed by atoms with Crippen molar-refractivity contribution in [1.82, 2.24) is 19.7 Å². The first-order chi connectivity index (χ1) is 13.8. The normalized spacial score (nSPS) is 18.1. The maximum atomic E-state index is 13.5. The average Bonchev–Trinajstić information content (AvgIpc) is 3.26. The molecule has 2 aromatic rings. The first-order valence-electron chi connectivity index (χ1n) is 9.00. The Morgan fingerprint density at radius 2 is 2.14 bits per heavy atom. The second kappa shape index (κ2) is 8.31. The van der Waals surface area contributed by atoms with E-state index in [2.05, 4.69) is 10.1 Å². The fourth-order valence-electron chi connectivity index (χ4n) is 3.20. The van der Waals surface area contributed by atoms with E-state index in [0.29, 0.717) is 11.1 Å². The van der Waals surface area contributed by atoms with Crippen molar-refractivity contribution in [2.45, 2.75) is 31.2 Å². The predicted molar refractivity (Wildman–Crippen MR) is 101 cm³/mol. The number of amides is 1. The van der Waals surface area contributed by atoms with Crippen LogP contribution in [0.15, 0.2) is 30.9 Å². The van der Waals surface area contributed by atoms with E-state index in [0.717, 1.165) is 10.5 Å². The maximum Gasteiger partial charge on any atom is 0.268 e. The van der Waals surface area contributed by atoms with E-state index in [9.17, 15) is 18.4 Å². The number of carbonyl (C=O) groups excluding carboxylic acids is 2. The lowest BCUT2D eigenvalue weighted by Gasteiger charge is -2.18. The van der Waals surface area contributed by atoms with Crippen molar-refractivity contribution in [3.63, 3.8) is 0 Å². The van der Waals surface area contributed by atoms with Gasteiger partial charge in [-0.1, -0.05) is 12.2 Å². The van der Waals surface area contributed by atoms with Gasteiger partial charge in [0.05, 0.1) is 18.8 Å². The molecule has 1 atom stereocenters. The van der Waals surface area contributed by atoms with Crippen molar-refractivity contribution in [3.8, 4) is 6.07 Å². The molecule has 1 fully saturated rings. The summed E-state index contributed by atoms with van der Waals surface area (Å²) in [4.78, 5) is 29.8. The largest absolute Gasteiger partial charge is 0.320 e. The molecule has 2 aromatic heterocycles. The van der Waals surface area contributed by atoms with Crippen LogP contribution in [0.3, 0.4) is 0 Å². The standard InChI is InChI=1S/C20H19F2N5O2/c1-26-12-14(10-25-26)2-3-15-11-24-7-6-17(15)18(28)4-5-19(29)27-13-20(21,22)8-16(27)9-23/h2-3,6-7,10-12,16H,4-5,8,13H2,1H3/b3-2+/t16-/m0/s1. The van der Waals surface area contributed by atoms with Gasteiger partial charge in [0.15, 0.2) is 5.78 Å². The lowest BCUT2D eigenvalue weighted by molar-refractivity contribution is -0.132. The molecule has 29 heavy (non-hydrogen) atoms. The zero-order valence-corrected chi connectivity index (χ0v) is 15.8. The molecule has 0 spiro atoms. The number of halogens is 2. The molecule has 0 radical (unpaired) electrons. The Kier molecular flexibility index (Phi) is 5.82. The minimum absolute atomic E-state index is 0.142. The van der Waals surface area contributed by atoms with Gasteiger partial charge in [0.1, 0.15) is 6.04 Å². The minimum atomic E-state index is -3.07. The lowest BCUT2D eigenvalue weighted by Crippen LogP contribution is -2.36. The topological polar surface area (TPSA) is 91.9 Å². The quantitative estimate of drug-likeness (QED) is 0.697. The molecule has 3 heterocycles.